The molecule has 3 rings (SSSR count). The molecule has 2 aromatic heterocycles. The number of hydrogen-bond acceptors (Lipinski definition) is 2. The normalized spacial score (nSPS) is 11.2. The Balaban J connectivity index is 2.14. The lowest BCUT2D eigenvalue weighted by atomic mass is 10.3. The minimum atomic E-state index is -0.264. The first-order valence-corrected chi connectivity index (χ1v) is 6.80. The molecule has 2 nitrogen and oxygen atoms in total. The molecule has 0 aliphatic rings. The average Bonchev–Trinajstić information content (AvgIpc) is 2.87. The molecule has 3 aromatic rings. The first kappa shape index (κ1) is 11.6. The number of nitrogens with zero attached hydrogens (tertiary/aromatic N) is 1. The maximum absolute atomic E-state index is 13.6. The molecule has 18 heavy (non-hydrogen) atoms. The summed E-state index contributed by atoms with van der Waals surface area (Å²) in [4.78, 5) is 5.41. The molecule has 0 saturated heterocycles. The van der Waals surface area contributed by atoms with Crippen LogP contribution in [0.3, 0.4) is 0 Å². The van der Waals surface area contributed by atoms with Crippen LogP contribution < -0.4 is 0 Å². The number of fused-ring (bicyclic) bond motifs is 1. The molecule has 1 N–H and O–H groups in total. The molecule has 0 radical (unpaired) electrons. The van der Waals surface area contributed by atoms with Crippen molar-refractivity contribution in [2.75, 3.05) is 0 Å². The number of hydrogen-bond donors (Lipinski definition) is 1. The van der Waals surface area contributed by atoms with Crippen molar-refractivity contribution in [3.8, 4) is 0 Å². The highest BCUT2D eigenvalue weighted by molar-refractivity contribution is 7.71. The Kier molecular flexibility index (Phi) is 2.80. The molecule has 0 fully saturated rings. The van der Waals surface area contributed by atoms with Crippen LogP contribution in [0.5, 0.6) is 0 Å². The molecule has 0 bridgehead atoms. The van der Waals surface area contributed by atoms with Crippen LogP contribution in [0, 0.1) is 17.5 Å². The second kappa shape index (κ2) is 4.33. The molecule has 0 aliphatic heterocycles. The van der Waals surface area contributed by atoms with E-state index in [-0.39, 0.29) is 5.82 Å². The molecule has 5 heteroatoms. The summed E-state index contributed by atoms with van der Waals surface area (Å²) in [7, 11) is 0. The number of halogens is 1. The van der Waals surface area contributed by atoms with E-state index in [0.29, 0.717) is 16.8 Å². The van der Waals surface area contributed by atoms with Crippen molar-refractivity contribution in [2.45, 2.75) is 13.5 Å². The van der Waals surface area contributed by atoms with Crippen LogP contribution in [0.2, 0.25) is 0 Å². The molecular formula is C13H11FN2S2. The summed E-state index contributed by atoms with van der Waals surface area (Å²) in [6.07, 6.45) is 0. The van der Waals surface area contributed by atoms with Gasteiger partial charge in [-0.1, -0.05) is 6.07 Å². The first-order valence-electron chi connectivity index (χ1n) is 5.57. The Bertz CT molecular complexity index is 767. The molecule has 0 saturated carbocycles. The average molecular weight is 278 g/mol. The van der Waals surface area contributed by atoms with Gasteiger partial charge in [-0.05, 0) is 43.4 Å². The van der Waals surface area contributed by atoms with Crippen LogP contribution in [0.25, 0.3) is 11.0 Å². The summed E-state index contributed by atoms with van der Waals surface area (Å²) >= 11 is 7.00. The van der Waals surface area contributed by atoms with Gasteiger partial charge in [0.1, 0.15) is 11.3 Å². The predicted molar refractivity (Wildman–Crippen MR) is 75.2 cm³/mol. The molecule has 0 unspecified atom stereocenters. The highest BCUT2D eigenvalue weighted by Crippen LogP contribution is 2.21. The van der Waals surface area contributed by atoms with E-state index in [0.717, 1.165) is 5.52 Å². The van der Waals surface area contributed by atoms with Gasteiger partial charge in [0.15, 0.2) is 4.77 Å². The van der Waals surface area contributed by atoms with Crippen molar-refractivity contribution >= 4 is 34.6 Å². The van der Waals surface area contributed by atoms with Crippen LogP contribution in [0.4, 0.5) is 4.39 Å². The van der Waals surface area contributed by atoms with Crippen molar-refractivity contribution < 1.29 is 4.39 Å². The molecule has 0 aliphatic carbocycles. The number of aryl methyl sites for hydroxylation is 1. The summed E-state index contributed by atoms with van der Waals surface area (Å²) in [5, 5.41) is 0. The Labute approximate surface area is 113 Å². The van der Waals surface area contributed by atoms with Gasteiger partial charge in [-0.15, -0.1) is 11.3 Å². The van der Waals surface area contributed by atoms with Gasteiger partial charge in [0.05, 0.1) is 12.1 Å². The number of aromatic amines is 1. The number of aromatic nitrogens is 2. The Morgan fingerprint density at radius 3 is 2.89 bits per heavy atom. The molecule has 2 heterocycles. The van der Waals surface area contributed by atoms with E-state index in [1.54, 1.807) is 17.4 Å². The smallest absolute Gasteiger partial charge is 0.178 e. The van der Waals surface area contributed by atoms with Crippen molar-refractivity contribution in [3.05, 3.63) is 50.7 Å². The summed E-state index contributed by atoms with van der Waals surface area (Å²) < 4.78 is 16.1. The summed E-state index contributed by atoms with van der Waals surface area (Å²) in [5.41, 5.74) is 1.29. The molecule has 1 aromatic carbocycles. The standard InChI is InChI=1S/C13H11FN2S2/c1-8-5-6-9(18-8)7-16-11-4-2-3-10(14)12(11)15-13(16)17/h2-6H,7H2,1H3,(H,15,17). The Morgan fingerprint density at radius 1 is 1.33 bits per heavy atom. The molecule has 92 valence electrons. The van der Waals surface area contributed by atoms with Crippen molar-refractivity contribution in [1.29, 1.82) is 0 Å². The number of imidazole rings is 1. The van der Waals surface area contributed by atoms with Gasteiger partial charge in [0, 0.05) is 9.75 Å². The van der Waals surface area contributed by atoms with Crippen molar-refractivity contribution in [3.63, 3.8) is 0 Å². The Hall–Kier alpha value is -1.46. The minimum absolute atomic E-state index is 0.264. The zero-order chi connectivity index (χ0) is 12.7. The van der Waals surface area contributed by atoms with E-state index >= 15 is 0 Å². The third-order valence-corrected chi connectivity index (χ3v) is 4.18. The lowest BCUT2D eigenvalue weighted by molar-refractivity contribution is 0.637. The highest BCUT2D eigenvalue weighted by Gasteiger charge is 2.09. The van der Waals surface area contributed by atoms with Gasteiger partial charge in [-0.25, -0.2) is 4.39 Å². The Morgan fingerprint density at radius 2 is 2.17 bits per heavy atom. The fraction of sp³-hybridized carbons (Fsp3) is 0.154. The first-order chi connectivity index (χ1) is 8.65. The van der Waals surface area contributed by atoms with Gasteiger partial charge >= 0.3 is 0 Å². The monoisotopic (exact) mass is 278 g/mol. The summed E-state index contributed by atoms with van der Waals surface area (Å²) in [5.74, 6) is -0.264. The maximum atomic E-state index is 13.6. The molecule has 0 spiro atoms. The van der Waals surface area contributed by atoms with Gasteiger partial charge in [0.2, 0.25) is 0 Å². The number of H-pyrrole nitrogens is 1. The third-order valence-electron chi connectivity index (χ3n) is 2.87. The van der Waals surface area contributed by atoms with E-state index in [4.69, 9.17) is 12.2 Å². The lowest BCUT2D eigenvalue weighted by Crippen LogP contribution is -1.97. The largest absolute Gasteiger partial charge is 0.328 e. The second-order valence-corrected chi connectivity index (χ2v) is 5.92. The zero-order valence-electron chi connectivity index (χ0n) is 9.74. The number of nitrogens with one attached hydrogen (secondary N) is 1. The fourth-order valence-corrected chi connectivity index (χ4v) is 3.17. The summed E-state index contributed by atoms with van der Waals surface area (Å²) in [6, 6.07) is 9.19. The van der Waals surface area contributed by atoms with Crippen LogP contribution >= 0.6 is 23.6 Å². The van der Waals surface area contributed by atoms with Crippen LogP contribution in [-0.4, -0.2) is 9.55 Å². The number of rotatable bonds is 2. The predicted octanol–water partition coefficient (Wildman–Crippen LogP) is 4.26. The van der Waals surface area contributed by atoms with Gasteiger partial charge < -0.3 is 9.55 Å². The van der Waals surface area contributed by atoms with Gasteiger partial charge in [-0.3, -0.25) is 0 Å². The minimum Gasteiger partial charge on any atom is -0.328 e. The van der Waals surface area contributed by atoms with Gasteiger partial charge in [-0.2, -0.15) is 0 Å². The third kappa shape index (κ3) is 1.89. The fourth-order valence-electron chi connectivity index (χ4n) is 2.03. The lowest BCUT2D eigenvalue weighted by Gasteiger charge is -2.02. The van der Waals surface area contributed by atoms with Gasteiger partial charge in [0.25, 0.3) is 0 Å². The van der Waals surface area contributed by atoms with Crippen LogP contribution in [0.15, 0.2) is 30.3 Å². The molecule has 0 amide bonds. The van der Waals surface area contributed by atoms with Crippen molar-refractivity contribution in [2.24, 2.45) is 0 Å². The maximum Gasteiger partial charge on any atom is 0.178 e. The summed E-state index contributed by atoms with van der Waals surface area (Å²) in [6.45, 7) is 2.75. The highest BCUT2D eigenvalue weighted by atomic mass is 32.1. The van der Waals surface area contributed by atoms with Crippen LogP contribution in [0.1, 0.15) is 9.75 Å². The van der Waals surface area contributed by atoms with E-state index in [9.17, 15) is 4.39 Å². The van der Waals surface area contributed by atoms with E-state index < -0.39 is 0 Å². The van der Waals surface area contributed by atoms with Crippen LogP contribution in [-0.2, 0) is 6.54 Å². The number of thiophene rings is 1. The van der Waals surface area contributed by atoms with E-state index in [1.165, 1.54) is 15.8 Å². The number of para-hydroxylation sites is 1. The SMILES string of the molecule is Cc1ccc(Cn2c(=S)[nH]c3c(F)cccc32)s1. The molecular weight excluding hydrogens is 267 g/mol. The van der Waals surface area contributed by atoms with E-state index in [2.05, 4.69) is 24.0 Å². The van der Waals surface area contributed by atoms with Crippen molar-refractivity contribution in [1.82, 2.24) is 9.55 Å². The van der Waals surface area contributed by atoms with E-state index in [1.807, 2.05) is 10.6 Å². The topological polar surface area (TPSA) is 20.7 Å². The zero-order valence-corrected chi connectivity index (χ0v) is 11.4. The quantitative estimate of drug-likeness (QED) is 0.695. The second-order valence-electron chi connectivity index (χ2n) is 4.16. The molecule has 0 atom stereocenters. The number of benzene rings is 1.